The Bertz CT molecular complexity index is 1290. The molecule has 2 fully saturated rings. The molecule has 1 unspecified atom stereocenters. The van der Waals surface area contributed by atoms with Gasteiger partial charge in [0.2, 0.25) is 0 Å². The van der Waals surface area contributed by atoms with E-state index in [2.05, 4.69) is 12.1 Å². The Balaban J connectivity index is 1.29. The molecule has 3 atom stereocenters. The molecule has 2 bridgehead atoms. The van der Waals surface area contributed by atoms with Gasteiger partial charge in [-0.3, -0.25) is 0 Å². The van der Waals surface area contributed by atoms with Gasteiger partial charge in [0.25, 0.3) is 0 Å². The van der Waals surface area contributed by atoms with Crippen LogP contribution in [-0.2, 0) is 29.4 Å². The maximum atomic E-state index is 13.2. The summed E-state index contributed by atoms with van der Waals surface area (Å²) in [5, 5.41) is 0. The second-order valence-electron chi connectivity index (χ2n) is 10.7. The molecule has 2 aliphatic carbocycles. The van der Waals surface area contributed by atoms with Gasteiger partial charge < -0.3 is 9.64 Å². The number of ether oxygens (including phenoxy) is 1. The quantitative estimate of drug-likeness (QED) is 0.364. The van der Waals surface area contributed by atoms with Gasteiger partial charge in [0.15, 0.2) is 0 Å². The molecule has 0 N–H and O–H groups in total. The van der Waals surface area contributed by atoms with E-state index in [9.17, 15) is 18.0 Å². The SMILES string of the molecule is O=C(OCc1ccccc1)N1CCC23CCCC[C@@H]2[C@H]1Cc1ccc(-c2ccc(C(F)(F)F)cc2)cc13. The fraction of sp³-hybridized carbons (Fsp3) is 0.387. The number of nitrogens with zero attached hydrogens (tertiary/aromatic N) is 1. The number of piperidine rings is 1. The molecule has 1 aliphatic heterocycles. The lowest BCUT2D eigenvalue weighted by atomic mass is 9.52. The van der Waals surface area contributed by atoms with E-state index in [1.54, 1.807) is 12.1 Å². The maximum absolute atomic E-state index is 13.2. The Labute approximate surface area is 215 Å². The molecule has 0 aromatic heterocycles. The van der Waals surface area contributed by atoms with E-state index in [0.717, 1.165) is 67.3 Å². The van der Waals surface area contributed by atoms with E-state index in [4.69, 9.17) is 4.74 Å². The third-order valence-electron chi connectivity index (χ3n) is 8.82. The topological polar surface area (TPSA) is 29.5 Å². The van der Waals surface area contributed by atoms with Crippen LogP contribution in [0.25, 0.3) is 11.1 Å². The number of rotatable bonds is 3. The van der Waals surface area contributed by atoms with E-state index in [-0.39, 0.29) is 24.2 Å². The van der Waals surface area contributed by atoms with Gasteiger partial charge in [0.05, 0.1) is 5.56 Å². The van der Waals surface area contributed by atoms with Gasteiger partial charge in [-0.25, -0.2) is 4.79 Å². The van der Waals surface area contributed by atoms with Crippen molar-refractivity contribution in [3.8, 4) is 11.1 Å². The Morgan fingerprint density at radius 2 is 1.70 bits per heavy atom. The molecule has 192 valence electrons. The molecule has 6 rings (SSSR count). The lowest BCUT2D eigenvalue weighted by Gasteiger charge is -2.58. The molecule has 0 radical (unpaired) electrons. The van der Waals surface area contributed by atoms with Crippen molar-refractivity contribution in [2.24, 2.45) is 5.92 Å². The third kappa shape index (κ3) is 4.30. The van der Waals surface area contributed by atoms with Crippen molar-refractivity contribution >= 4 is 6.09 Å². The van der Waals surface area contributed by atoms with Gasteiger partial charge in [0, 0.05) is 18.0 Å². The first-order chi connectivity index (χ1) is 17.8. The van der Waals surface area contributed by atoms with Gasteiger partial charge in [0.1, 0.15) is 6.61 Å². The Morgan fingerprint density at radius 1 is 0.946 bits per heavy atom. The molecule has 3 aromatic carbocycles. The van der Waals surface area contributed by atoms with E-state index in [1.165, 1.54) is 11.1 Å². The van der Waals surface area contributed by atoms with Crippen LogP contribution in [0.3, 0.4) is 0 Å². The fourth-order valence-electron chi connectivity index (χ4n) is 7.07. The van der Waals surface area contributed by atoms with Crippen molar-refractivity contribution in [3.05, 3.63) is 95.1 Å². The second kappa shape index (κ2) is 9.23. The number of likely N-dealkylation sites (tertiary alicyclic amines) is 1. The zero-order valence-electron chi connectivity index (χ0n) is 20.6. The van der Waals surface area contributed by atoms with E-state index in [0.29, 0.717) is 12.5 Å². The van der Waals surface area contributed by atoms with Crippen molar-refractivity contribution in [1.29, 1.82) is 0 Å². The average Bonchev–Trinajstić information content (AvgIpc) is 2.92. The number of halogens is 3. The minimum Gasteiger partial charge on any atom is -0.445 e. The first kappa shape index (κ1) is 24.1. The molecule has 1 amide bonds. The summed E-state index contributed by atoms with van der Waals surface area (Å²) in [7, 11) is 0. The summed E-state index contributed by atoms with van der Waals surface area (Å²) in [5.41, 5.74) is 4.69. The molecule has 1 saturated carbocycles. The standard InChI is InChI=1S/C31H30F3NO2/c32-31(33,34)25-13-11-22(12-14-25)23-9-10-24-19-28-26-8-4-5-15-30(26,27(24)18-23)16-17-35(28)29(36)37-20-21-6-2-1-3-7-21/h1-3,6-7,9-14,18,26,28H,4-5,8,15-17,19-20H2/t26-,28-,30?/m1/s1. The molecule has 6 heteroatoms. The van der Waals surface area contributed by atoms with Crippen LogP contribution in [0, 0.1) is 5.92 Å². The molecule has 0 spiro atoms. The van der Waals surface area contributed by atoms with Crippen LogP contribution < -0.4 is 0 Å². The summed E-state index contributed by atoms with van der Waals surface area (Å²) >= 11 is 0. The fourth-order valence-corrected chi connectivity index (χ4v) is 7.07. The molecule has 37 heavy (non-hydrogen) atoms. The van der Waals surface area contributed by atoms with Gasteiger partial charge in [-0.05, 0) is 71.6 Å². The number of fused-ring (bicyclic) bond motifs is 1. The monoisotopic (exact) mass is 505 g/mol. The van der Waals surface area contributed by atoms with Crippen molar-refractivity contribution in [3.63, 3.8) is 0 Å². The first-order valence-electron chi connectivity index (χ1n) is 13.1. The molecule has 1 saturated heterocycles. The van der Waals surface area contributed by atoms with Gasteiger partial charge in [-0.15, -0.1) is 0 Å². The molecular formula is C31H30F3NO2. The zero-order valence-corrected chi connectivity index (χ0v) is 20.6. The summed E-state index contributed by atoms with van der Waals surface area (Å²) in [5.74, 6) is 0.370. The van der Waals surface area contributed by atoms with Crippen LogP contribution in [0.2, 0.25) is 0 Å². The summed E-state index contributed by atoms with van der Waals surface area (Å²) in [6.07, 6.45) is 1.58. The highest BCUT2D eigenvalue weighted by Crippen LogP contribution is 2.56. The van der Waals surface area contributed by atoms with E-state index >= 15 is 0 Å². The normalized spacial score (nSPS) is 24.7. The highest BCUT2D eigenvalue weighted by atomic mass is 19.4. The number of alkyl halides is 3. The molecular weight excluding hydrogens is 475 g/mol. The summed E-state index contributed by atoms with van der Waals surface area (Å²) in [6.45, 7) is 0.935. The van der Waals surface area contributed by atoms with Gasteiger partial charge >= 0.3 is 12.3 Å². The molecule has 3 aromatic rings. The highest BCUT2D eigenvalue weighted by Gasteiger charge is 2.55. The lowest BCUT2D eigenvalue weighted by molar-refractivity contribution is -0.137. The van der Waals surface area contributed by atoms with Crippen LogP contribution in [-0.4, -0.2) is 23.6 Å². The molecule has 3 aliphatic rings. The Hall–Kier alpha value is -3.28. The van der Waals surface area contributed by atoms with Crippen molar-refractivity contribution in [2.75, 3.05) is 6.54 Å². The maximum Gasteiger partial charge on any atom is 0.416 e. The predicted molar refractivity (Wildman–Crippen MR) is 136 cm³/mol. The Kier molecular flexibility index (Phi) is 6.01. The molecule has 3 nitrogen and oxygen atoms in total. The zero-order chi connectivity index (χ0) is 25.6. The number of benzene rings is 3. The Morgan fingerprint density at radius 3 is 2.46 bits per heavy atom. The van der Waals surface area contributed by atoms with Crippen LogP contribution in [0.4, 0.5) is 18.0 Å². The van der Waals surface area contributed by atoms with Crippen molar-refractivity contribution in [2.45, 2.75) is 62.8 Å². The van der Waals surface area contributed by atoms with Crippen LogP contribution >= 0.6 is 0 Å². The summed E-state index contributed by atoms with van der Waals surface area (Å²) < 4.78 is 44.9. The highest BCUT2D eigenvalue weighted by molar-refractivity contribution is 5.70. The second-order valence-corrected chi connectivity index (χ2v) is 10.7. The third-order valence-corrected chi connectivity index (χ3v) is 8.82. The number of hydrogen-bond acceptors (Lipinski definition) is 2. The van der Waals surface area contributed by atoms with Crippen molar-refractivity contribution in [1.82, 2.24) is 4.90 Å². The van der Waals surface area contributed by atoms with Crippen LogP contribution in [0.5, 0.6) is 0 Å². The first-order valence-corrected chi connectivity index (χ1v) is 13.1. The van der Waals surface area contributed by atoms with Crippen LogP contribution in [0.1, 0.15) is 54.4 Å². The average molecular weight is 506 g/mol. The largest absolute Gasteiger partial charge is 0.445 e. The molecule has 1 heterocycles. The summed E-state index contributed by atoms with van der Waals surface area (Å²) in [4.78, 5) is 15.2. The van der Waals surface area contributed by atoms with Crippen molar-refractivity contribution < 1.29 is 22.7 Å². The summed E-state index contributed by atoms with van der Waals surface area (Å²) in [6, 6.07) is 21.7. The smallest absolute Gasteiger partial charge is 0.416 e. The van der Waals surface area contributed by atoms with Gasteiger partial charge in [-0.2, -0.15) is 13.2 Å². The number of hydrogen-bond donors (Lipinski definition) is 0. The minimum absolute atomic E-state index is 0.00856. The van der Waals surface area contributed by atoms with E-state index in [1.807, 2.05) is 41.3 Å². The number of carbonyl (C=O) groups is 1. The van der Waals surface area contributed by atoms with E-state index < -0.39 is 11.7 Å². The number of carbonyl (C=O) groups excluding carboxylic acids is 1. The van der Waals surface area contributed by atoms with Gasteiger partial charge in [-0.1, -0.05) is 73.5 Å². The lowest BCUT2D eigenvalue weighted by Crippen LogP contribution is -2.62. The van der Waals surface area contributed by atoms with Crippen LogP contribution in [0.15, 0.2) is 72.8 Å². The predicted octanol–water partition coefficient (Wildman–Crippen LogP) is 7.77. The minimum atomic E-state index is -4.34. The number of amides is 1.